The second-order valence-corrected chi connectivity index (χ2v) is 11.3. The zero-order chi connectivity index (χ0) is 29.0. The summed E-state index contributed by atoms with van der Waals surface area (Å²) < 4.78 is 13.6. The van der Waals surface area contributed by atoms with Crippen LogP contribution in [0.1, 0.15) is 46.1 Å². The average Bonchev–Trinajstić information content (AvgIpc) is 3.36. The molecule has 2 fully saturated rings. The number of hydrogen-bond acceptors (Lipinski definition) is 9. The van der Waals surface area contributed by atoms with Crippen molar-refractivity contribution >= 4 is 17.4 Å². The highest BCUT2D eigenvalue weighted by molar-refractivity contribution is 5.85. The summed E-state index contributed by atoms with van der Waals surface area (Å²) in [6.07, 6.45) is 6.29. The second kappa shape index (κ2) is 12.3. The van der Waals surface area contributed by atoms with Crippen LogP contribution in [0.15, 0.2) is 36.8 Å². The van der Waals surface area contributed by atoms with Crippen LogP contribution < -0.4 is 20.3 Å². The number of nitrogens with one attached hydrogen (secondary N) is 2. The van der Waals surface area contributed by atoms with E-state index in [1.807, 2.05) is 45.2 Å². The van der Waals surface area contributed by atoms with E-state index in [-0.39, 0.29) is 12.1 Å². The van der Waals surface area contributed by atoms with Crippen LogP contribution >= 0.6 is 0 Å². The maximum Gasteiger partial charge on any atom is 0.407 e. The summed E-state index contributed by atoms with van der Waals surface area (Å²) in [6, 6.07) is 8.64. The number of piperazine rings is 1. The fourth-order valence-electron chi connectivity index (χ4n) is 5.84. The Morgan fingerprint density at radius 2 is 2.07 bits per heavy atom. The smallest absolute Gasteiger partial charge is 0.407 e. The standard InChI is InChI=1S/C30H40N8O3/c1-5-40-25-14-26(28-24(15-31)17-34-38(28)19-25)23-6-7-27(33-16-23)37-11-8-30(9-12-37,41-29(39)35-21(2)3)20-36-13-10-32-22(4)18-36/h6-7,14,16-17,19,21-22,32H,5,8-13,18,20H2,1-4H3,(H,35,39)/t22-/m0/s1. The molecule has 0 bridgehead atoms. The number of carbonyl (C=O) groups excluding carboxylic acids is 1. The largest absolute Gasteiger partial charge is 0.492 e. The summed E-state index contributed by atoms with van der Waals surface area (Å²) in [6.45, 7) is 13.5. The van der Waals surface area contributed by atoms with E-state index in [0.29, 0.717) is 24.0 Å². The normalized spacial score (nSPS) is 19.2. The van der Waals surface area contributed by atoms with E-state index in [0.717, 1.165) is 74.6 Å². The molecule has 41 heavy (non-hydrogen) atoms. The van der Waals surface area contributed by atoms with Crippen molar-refractivity contribution in [3.8, 4) is 22.9 Å². The van der Waals surface area contributed by atoms with Gasteiger partial charge < -0.3 is 25.0 Å². The number of aromatic nitrogens is 3. The van der Waals surface area contributed by atoms with Crippen LogP contribution in [-0.4, -0.2) is 89.2 Å². The van der Waals surface area contributed by atoms with Crippen LogP contribution in [0.2, 0.25) is 0 Å². The molecular weight excluding hydrogens is 520 g/mol. The number of anilines is 1. The molecule has 1 amide bonds. The zero-order valence-corrected chi connectivity index (χ0v) is 24.4. The highest BCUT2D eigenvalue weighted by Gasteiger charge is 2.41. The first-order chi connectivity index (χ1) is 19.8. The fraction of sp³-hybridized carbons (Fsp3) is 0.533. The van der Waals surface area contributed by atoms with Crippen molar-refractivity contribution < 1.29 is 14.3 Å². The lowest BCUT2D eigenvalue weighted by Gasteiger charge is -2.45. The van der Waals surface area contributed by atoms with Gasteiger partial charge in [-0.05, 0) is 45.9 Å². The molecule has 3 aromatic heterocycles. The van der Waals surface area contributed by atoms with Crippen molar-refractivity contribution in [2.45, 2.75) is 58.2 Å². The summed E-state index contributed by atoms with van der Waals surface area (Å²) in [5.41, 5.74) is 2.40. The topological polar surface area (TPSA) is 120 Å². The number of alkyl carbamates (subject to hydrolysis) is 1. The molecule has 0 aromatic carbocycles. The maximum absolute atomic E-state index is 12.7. The second-order valence-electron chi connectivity index (χ2n) is 11.3. The Morgan fingerprint density at radius 1 is 1.27 bits per heavy atom. The summed E-state index contributed by atoms with van der Waals surface area (Å²) in [4.78, 5) is 22.2. The van der Waals surface area contributed by atoms with E-state index in [4.69, 9.17) is 14.5 Å². The number of piperidine rings is 1. The monoisotopic (exact) mass is 560 g/mol. The lowest BCUT2D eigenvalue weighted by Crippen LogP contribution is -2.58. The number of carbonyl (C=O) groups is 1. The quantitative estimate of drug-likeness (QED) is 0.427. The Kier molecular flexibility index (Phi) is 8.61. The number of amides is 1. The predicted octanol–water partition coefficient (Wildman–Crippen LogP) is 3.43. The highest BCUT2D eigenvalue weighted by Crippen LogP contribution is 2.33. The van der Waals surface area contributed by atoms with Crippen molar-refractivity contribution in [2.24, 2.45) is 0 Å². The third-order valence-corrected chi connectivity index (χ3v) is 7.76. The lowest BCUT2D eigenvalue weighted by molar-refractivity contribution is -0.0365. The van der Waals surface area contributed by atoms with Crippen molar-refractivity contribution in [3.63, 3.8) is 0 Å². The van der Waals surface area contributed by atoms with Gasteiger partial charge in [-0.2, -0.15) is 10.4 Å². The Labute approximate surface area is 241 Å². The first kappa shape index (κ1) is 28.6. The molecule has 2 aliphatic heterocycles. The number of fused-ring (bicyclic) bond motifs is 1. The van der Waals surface area contributed by atoms with Gasteiger partial charge in [0.05, 0.1) is 30.1 Å². The molecule has 2 saturated heterocycles. The molecule has 11 heteroatoms. The summed E-state index contributed by atoms with van der Waals surface area (Å²) >= 11 is 0. The minimum absolute atomic E-state index is 0.0174. The molecule has 2 aliphatic rings. The predicted molar refractivity (Wildman–Crippen MR) is 157 cm³/mol. The zero-order valence-electron chi connectivity index (χ0n) is 24.4. The Morgan fingerprint density at radius 3 is 2.73 bits per heavy atom. The molecule has 0 radical (unpaired) electrons. The van der Waals surface area contributed by atoms with Gasteiger partial charge in [-0.15, -0.1) is 0 Å². The first-order valence-corrected chi connectivity index (χ1v) is 14.5. The van der Waals surface area contributed by atoms with E-state index >= 15 is 0 Å². The van der Waals surface area contributed by atoms with E-state index in [2.05, 4.69) is 38.5 Å². The first-order valence-electron chi connectivity index (χ1n) is 14.5. The molecule has 0 aliphatic carbocycles. The molecule has 1 atom stereocenters. The Hall–Kier alpha value is -3.88. The summed E-state index contributed by atoms with van der Waals surface area (Å²) in [7, 11) is 0. The Bertz CT molecular complexity index is 1390. The van der Waals surface area contributed by atoms with Crippen LogP contribution in [-0.2, 0) is 4.74 Å². The molecule has 218 valence electrons. The number of rotatable bonds is 8. The van der Waals surface area contributed by atoms with Crippen molar-refractivity contribution in [1.82, 2.24) is 30.1 Å². The van der Waals surface area contributed by atoms with E-state index in [9.17, 15) is 10.1 Å². The molecule has 0 saturated carbocycles. The van der Waals surface area contributed by atoms with Crippen LogP contribution in [0.4, 0.5) is 10.6 Å². The van der Waals surface area contributed by atoms with Gasteiger partial charge in [-0.1, -0.05) is 0 Å². The molecule has 2 N–H and O–H groups in total. The average molecular weight is 561 g/mol. The number of nitrogens with zero attached hydrogens (tertiary/aromatic N) is 6. The van der Waals surface area contributed by atoms with Crippen LogP contribution in [0.5, 0.6) is 5.75 Å². The molecule has 0 spiro atoms. The van der Waals surface area contributed by atoms with Crippen LogP contribution in [0, 0.1) is 11.3 Å². The fourth-order valence-corrected chi connectivity index (χ4v) is 5.84. The molecule has 5 heterocycles. The van der Waals surface area contributed by atoms with Gasteiger partial charge >= 0.3 is 6.09 Å². The lowest BCUT2D eigenvalue weighted by atomic mass is 9.89. The maximum atomic E-state index is 12.7. The van der Waals surface area contributed by atoms with Gasteiger partial charge in [-0.3, -0.25) is 4.90 Å². The summed E-state index contributed by atoms with van der Waals surface area (Å²) in [5, 5.41) is 20.4. The van der Waals surface area contributed by atoms with Crippen LogP contribution in [0.25, 0.3) is 16.6 Å². The molecule has 11 nitrogen and oxygen atoms in total. The number of pyridine rings is 2. The van der Waals surface area contributed by atoms with Crippen LogP contribution in [0.3, 0.4) is 0 Å². The molecular formula is C30H40N8O3. The number of nitriles is 1. The third kappa shape index (κ3) is 6.55. The molecule has 3 aromatic rings. The van der Waals surface area contributed by atoms with Gasteiger partial charge in [0.1, 0.15) is 23.2 Å². The van der Waals surface area contributed by atoms with Crippen molar-refractivity contribution in [2.75, 3.05) is 50.8 Å². The van der Waals surface area contributed by atoms with E-state index < -0.39 is 5.60 Å². The van der Waals surface area contributed by atoms with Gasteiger partial charge in [0.15, 0.2) is 0 Å². The van der Waals surface area contributed by atoms with Crippen molar-refractivity contribution in [3.05, 3.63) is 42.4 Å². The Balaban J connectivity index is 1.33. The third-order valence-electron chi connectivity index (χ3n) is 7.76. The number of hydrogen-bond donors (Lipinski definition) is 2. The van der Waals surface area contributed by atoms with E-state index in [1.165, 1.54) is 0 Å². The van der Waals surface area contributed by atoms with Gasteiger partial charge in [0.2, 0.25) is 0 Å². The van der Waals surface area contributed by atoms with E-state index in [1.54, 1.807) is 16.9 Å². The number of ether oxygens (including phenoxy) is 2. The SMILES string of the molecule is CCOc1cc(-c2ccc(N3CCC(CN4CCN[C@@H](C)C4)(OC(=O)NC(C)C)CC3)nc2)c2c(C#N)cnn2c1. The van der Waals surface area contributed by atoms with Gasteiger partial charge in [0, 0.05) is 81.5 Å². The minimum Gasteiger partial charge on any atom is -0.492 e. The van der Waals surface area contributed by atoms with Gasteiger partial charge in [-0.25, -0.2) is 14.3 Å². The minimum atomic E-state index is -0.548. The highest BCUT2D eigenvalue weighted by atomic mass is 16.6. The summed E-state index contributed by atoms with van der Waals surface area (Å²) in [5.74, 6) is 1.55. The molecule has 5 rings (SSSR count). The van der Waals surface area contributed by atoms with Crippen molar-refractivity contribution in [1.29, 1.82) is 5.26 Å². The van der Waals surface area contributed by atoms with Gasteiger partial charge in [0.25, 0.3) is 0 Å². The molecule has 0 unspecified atom stereocenters.